The molecular formula is C14H11ClN2O2. The van der Waals surface area contributed by atoms with E-state index in [-0.39, 0.29) is 17.2 Å². The van der Waals surface area contributed by atoms with Crippen molar-refractivity contribution in [3.8, 4) is 23.1 Å². The number of rotatable bonds is 3. The van der Waals surface area contributed by atoms with E-state index in [1.807, 2.05) is 18.2 Å². The van der Waals surface area contributed by atoms with Gasteiger partial charge < -0.3 is 9.30 Å². The average molecular weight is 275 g/mol. The Hall–Kier alpha value is -2.25. The predicted molar refractivity (Wildman–Crippen MR) is 73.2 cm³/mol. The first-order chi connectivity index (χ1) is 9.13. The average Bonchev–Trinajstić information content (AvgIpc) is 2.44. The number of benzene rings is 1. The Morgan fingerprint density at radius 1 is 1.26 bits per heavy atom. The molecule has 4 nitrogen and oxygen atoms in total. The van der Waals surface area contributed by atoms with Crippen molar-refractivity contribution in [2.75, 3.05) is 6.61 Å². The maximum atomic E-state index is 11.7. The second kappa shape index (κ2) is 5.59. The molecule has 2 aromatic rings. The van der Waals surface area contributed by atoms with Crippen molar-refractivity contribution in [3.05, 3.63) is 51.8 Å². The number of pyridine rings is 1. The fourth-order valence-electron chi connectivity index (χ4n) is 1.73. The van der Waals surface area contributed by atoms with Gasteiger partial charge in [-0.15, -0.1) is 0 Å². The second-order valence-corrected chi connectivity index (χ2v) is 4.31. The van der Waals surface area contributed by atoms with Crippen LogP contribution in [-0.2, 0) is 7.05 Å². The second-order valence-electron chi connectivity index (χ2n) is 3.90. The Labute approximate surface area is 115 Å². The third kappa shape index (κ3) is 2.78. The molecule has 0 saturated carbocycles. The largest absolute Gasteiger partial charge is 0.479 e. The predicted octanol–water partition coefficient (Wildman–Crippen LogP) is 2.61. The van der Waals surface area contributed by atoms with E-state index in [9.17, 15) is 4.79 Å². The Kier molecular flexibility index (Phi) is 3.88. The molecule has 2 rings (SSSR count). The zero-order valence-electron chi connectivity index (χ0n) is 10.3. The quantitative estimate of drug-likeness (QED) is 0.864. The van der Waals surface area contributed by atoms with E-state index in [0.29, 0.717) is 5.75 Å². The molecule has 0 aliphatic carbocycles. The van der Waals surface area contributed by atoms with Gasteiger partial charge in [0.25, 0.3) is 5.56 Å². The van der Waals surface area contributed by atoms with E-state index in [1.165, 1.54) is 4.57 Å². The molecule has 1 aromatic carbocycles. The van der Waals surface area contributed by atoms with Gasteiger partial charge in [0, 0.05) is 7.05 Å². The zero-order chi connectivity index (χ0) is 13.8. The van der Waals surface area contributed by atoms with Gasteiger partial charge in [0.2, 0.25) is 0 Å². The summed E-state index contributed by atoms with van der Waals surface area (Å²) in [5, 5.41) is 8.62. The Morgan fingerprint density at radius 3 is 2.58 bits per heavy atom. The first-order valence-electron chi connectivity index (χ1n) is 5.59. The number of nitriles is 1. The van der Waals surface area contributed by atoms with Crippen molar-refractivity contribution in [1.82, 2.24) is 4.57 Å². The molecular weight excluding hydrogens is 264 g/mol. The third-order valence-corrected chi connectivity index (χ3v) is 3.00. The molecule has 0 bridgehead atoms. The standard InChI is InChI=1S/C14H11ClN2O2/c1-17-13(7-6-12(15)14(17)18)10-2-4-11(5-3-10)19-9-8-16/h2-7H,9H2,1H3. The van der Waals surface area contributed by atoms with Gasteiger partial charge in [-0.1, -0.05) is 11.6 Å². The smallest absolute Gasteiger partial charge is 0.269 e. The minimum Gasteiger partial charge on any atom is -0.479 e. The summed E-state index contributed by atoms with van der Waals surface area (Å²) in [5.74, 6) is 0.615. The molecule has 96 valence electrons. The van der Waals surface area contributed by atoms with Crippen LogP contribution >= 0.6 is 11.6 Å². The first-order valence-corrected chi connectivity index (χ1v) is 5.97. The normalized spacial score (nSPS) is 9.95. The Bertz CT molecular complexity index is 684. The summed E-state index contributed by atoms with van der Waals surface area (Å²) in [6.07, 6.45) is 0. The molecule has 19 heavy (non-hydrogen) atoms. The van der Waals surface area contributed by atoms with Crippen LogP contribution in [0.4, 0.5) is 0 Å². The van der Waals surface area contributed by atoms with E-state index in [4.69, 9.17) is 21.6 Å². The summed E-state index contributed by atoms with van der Waals surface area (Å²) < 4.78 is 6.66. The number of nitrogens with zero attached hydrogens (tertiary/aromatic N) is 2. The number of hydrogen-bond donors (Lipinski definition) is 0. The molecule has 0 spiro atoms. The summed E-state index contributed by atoms with van der Waals surface area (Å²) >= 11 is 5.77. The molecule has 0 aliphatic heterocycles. The van der Waals surface area contributed by atoms with Crippen LogP contribution in [0.15, 0.2) is 41.2 Å². The van der Waals surface area contributed by atoms with Gasteiger partial charge in [-0.3, -0.25) is 4.79 Å². The SMILES string of the molecule is Cn1c(-c2ccc(OCC#N)cc2)ccc(Cl)c1=O. The van der Waals surface area contributed by atoms with Crippen molar-refractivity contribution >= 4 is 11.6 Å². The van der Waals surface area contributed by atoms with Crippen LogP contribution < -0.4 is 10.3 Å². The fraction of sp³-hybridized carbons (Fsp3) is 0.143. The van der Waals surface area contributed by atoms with E-state index in [1.54, 1.807) is 31.3 Å². The van der Waals surface area contributed by atoms with E-state index in [0.717, 1.165) is 11.3 Å². The van der Waals surface area contributed by atoms with E-state index in [2.05, 4.69) is 0 Å². The number of aromatic nitrogens is 1. The molecule has 0 aliphatic rings. The van der Waals surface area contributed by atoms with Gasteiger partial charge in [-0.2, -0.15) is 5.26 Å². The van der Waals surface area contributed by atoms with Crippen molar-refractivity contribution < 1.29 is 4.74 Å². The maximum absolute atomic E-state index is 11.7. The molecule has 1 heterocycles. The van der Waals surface area contributed by atoms with E-state index < -0.39 is 0 Å². The molecule has 0 unspecified atom stereocenters. The van der Waals surface area contributed by atoms with Crippen molar-refractivity contribution in [2.45, 2.75) is 0 Å². The van der Waals surface area contributed by atoms with Crippen LogP contribution in [0.2, 0.25) is 5.02 Å². The minimum absolute atomic E-state index is 0.0127. The van der Waals surface area contributed by atoms with Crippen LogP contribution in [0.3, 0.4) is 0 Å². The van der Waals surface area contributed by atoms with Gasteiger partial charge in [0.05, 0.1) is 5.69 Å². The number of hydrogen-bond acceptors (Lipinski definition) is 3. The van der Waals surface area contributed by atoms with Crippen LogP contribution in [-0.4, -0.2) is 11.2 Å². The summed E-state index contributed by atoms with van der Waals surface area (Å²) in [7, 11) is 1.67. The van der Waals surface area contributed by atoms with Gasteiger partial charge >= 0.3 is 0 Å². The Balaban J connectivity index is 2.36. The Morgan fingerprint density at radius 2 is 1.95 bits per heavy atom. The van der Waals surface area contributed by atoms with Crippen molar-refractivity contribution in [2.24, 2.45) is 7.05 Å². The van der Waals surface area contributed by atoms with E-state index >= 15 is 0 Å². The van der Waals surface area contributed by atoms with Crippen LogP contribution in [0.5, 0.6) is 5.75 Å². The molecule has 0 N–H and O–H groups in total. The summed E-state index contributed by atoms with van der Waals surface area (Å²) in [4.78, 5) is 11.7. The van der Waals surface area contributed by atoms with Gasteiger partial charge in [-0.05, 0) is 42.0 Å². The summed E-state index contributed by atoms with van der Waals surface area (Å²) in [6, 6.07) is 12.4. The lowest BCUT2D eigenvalue weighted by atomic mass is 10.1. The molecule has 0 radical (unpaired) electrons. The highest BCUT2D eigenvalue weighted by molar-refractivity contribution is 6.30. The fourth-order valence-corrected chi connectivity index (χ4v) is 1.92. The lowest BCUT2D eigenvalue weighted by Gasteiger charge is -2.09. The van der Waals surface area contributed by atoms with Crippen LogP contribution in [0, 0.1) is 11.3 Å². The molecule has 0 saturated heterocycles. The van der Waals surface area contributed by atoms with Crippen LogP contribution in [0.25, 0.3) is 11.3 Å². The maximum Gasteiger partial charge on any atom is 0.269 e. The summed E-state index contributed by atoms with van der Waals surface area (Å²) in [6.45, 7) is 0.0127. The highest BCUT2D eigenvalue weighted by Gasteiger charge is 2.06. The molecule has 0 atom stereocenters. The zero-order valence-corrected chi connectivity index (χ0v) is 11.0. The highest BCUT2D eigenvalue weighted by atomic mass is 35.5. The monoisotopic (exact) mass is 274 g/mol. The van der Waals surface area contributed by atoms with Gasteiger partial charge in [-0.25, -0.2) is 0 Å². The van der Waals surface area contributed by atoms with Crippen molar-refractivity contribution in [1.29, 1.82) is 5.26 Å². The molecule has 1 aromatic heterocycles. The minimum atomic E-state index is -0.232. The van der Waals surface area contributed by atoms with Crippen LogP contribution in [0.1, 0.15) is 0 Å². The number of halogens is 1. The van der Waals surface area contributed by atoms with Gasteiger partial charge in [0.1, 0.15) is 16.8 Å². The number of ether oxygens (including phenoxy) is 1. The highest BCUT2D eigenvalue weighted by Crippen LogP contribution is 2.21. The first kappa shape index (κ1) is 13.2. The lowest BCUT2D eigenvalue weighted by Crippen LogP contribution is -2.18. The molecule has 0 fully saturated rings. The summed E-state index contributed by atoms with van der Waals surface area (Å²) in [5.41, 5.74) is 1.41. The molecule has 0 amide bonds. The topological polar surface area (TPSA) is 55.0 Å². The van der Waals surface area contributed by atoms with Crippen molar-refractivity contribution in [3.63, 3.8) is 0 Å². The van der Waals surface area contributed by atoms with Gasteiger partial charge in [0.15, 0.2) is 6.61 Å². The molecule has 5 heteroatoms. The third-order valence-electron chi connectivity index (χ3n) is 2.71. The lowest BCUT2D eigenvalue weighted by molar-refractivity contribution is 0.368.